The Morgan fingerprint density at radius 2 is 1.90 bits per heavy atom. The summed E-state index contributed by atoms with van der Waals surface area (Å²) in [5.41, 5.74) is 0.949. The molecule has 1 amide bonds. The first kappa shape index (κ1) is 20.7. The summed E-state index contributed by atoms with van der Waals surface area (Å²) in [6.45, 7) is 0.269. The van der Waals surface area contributed by atoms with E-state index in [0.717, 1.165) is 17.3 Å². The van der Waals surface area contributed by atoms with Crippen molar-refractivity contribution in [3.05, 3.63) is 93.8 Å². The number of carbonyl (C=O) groups is 1. The molecule has 0 saturated heterocycles. The lowest BCUT2D eigenvalue weighted by atomic mass is 10.1. The number of nitrogens with one attached hydrogen (secondary N) is 1. The molecule has 1 heterocycles. The topological polar surface area (TPSA) is 122 Å². The Balaban J connectivity index is 1.80. The zero-order chi connectivity index (χ0) is 21.3. The molecule has 0 aliphatic carbocycles. The van der Waals surface area contributed by atoms with Crippen LogP contribution in [-0.2, 0) is 11.3 Å². The normalized spacial score (nSPS) is 10.8. The van der Waals surface area contributed by atoms with Crippen molar-refractivity contribution in [2.75, 3.05) is 0 Å². The van der Waals surface area contributed by atoms with Gasteiger partial charge in [0.25, 0.3) is 11.6 Å². The lowest BCUT2D eigenvalue weighted by molar-refractivity contribution is -0.387. The summed E-state index contributed by atoms with van der Waals surface area (Å²) < 4.78 is 0. The van der Waals surface area contributed by atoms with Crippen molar-refractivity contribution < 1.29 is 9.72 Å². The number of carbonyl (C=O) groups excluding carboxylic acids is 1. The Morgan fingerprint density at radius 3 is 2.57 bits per heavy atom. The molecule has 9 heteroatoms. The van der Waals surface area contributed by atoms with E-state index in [4.69, 9.17) is 0 Å². The van der Waals surface area contributed by atoms with Gasteiger partial charge in [-0.25, -0.2) is 9.97 Å². The number of hydrogen-bond donors (Lipinski definition) is 1. The van der Waals surface area contributed by atoms with Gasteiger partial charge >= 0.3 is 0 Å². The first-order valence-corrected chi connectivity index (χ1v) is 9.55. The van der Waals surface area contributed by atoms with Gasteiger partial charge in [0.2, 0.25) is 0 Å². The molecule has 148 valence electrons. The number of nitrogens with zero attached hydrogens (tertiary/aromatic N) is 4. The minimum Gasteiger partial charge on any atom is -0.347 e. The molecular weight excluding hydrogens is 402 g/mol. The molecule has 0 saturated carbocycles. The van der Waals surface area contributed by atoms with Crippen LogP contribution in [0.2, 0.25) is 0 Å². The maximum Gasteiger partial charge on any atom is 0.283 e. The Labute approximate surface area is 176 Å². The highest BCUT2D eigenvalue weighted by Crippen LogP contribution is 2.33. The van der Waals surface area contributed by atoms with Crippen LogP contribution in [0, 0.1) is 21.4 Å². The second-order valence-corrected chi connectivity index (χ2v) is 6.96. The SMILES string of the molecule is N#CC(=Cc1ccc(Sc2ncccn2)c([N+](=O)[O-])c1)C(=O)NCc1ccccc1. The number of amides is 1. The fourth-order valence-electron chi connectivity index (χ4n) is 2.48. The number of nitriles is 1. The summed E-state index contributed by atoms with van der Waals surface area (Å²) in [5.74, 6) is -0.555. The second-order valence-electron chi connectivity index (χ2n) is 5.96. The van der Waals surface area contributed by atoms with E-state index in [9.17, 15) is 20.2 Å². The van der Waals surface area contributed by atoms with Gasteiger partial charge in [-0.05, 0) is 41.1 Å². The zero-order valence-corrected chi connectivity index (χ0v) is 16.4. The summed E-state index contributed by atoms with van der Waals surface area (Å²) in [5, 5.41) is 23.9. The van der Waals surface area contributed by atoms with Gasteiger partial charge < -0.3 is 5.32 Å². The van der Waals surface area contributed by atoms with Gasteiger partial charge in [0, 0.05) is 25.0 Å². The Hall–Kier alpha value is -4.03. The van der Waals surface area contributed by atoms with E-state index < -0.39 is 10.8 Å². The maximum absolute atomic E-state index is 12.3. The maximum atomic E-state index is 12.3. The smallest absolute Gasteiger partial charge is 0.283 e. The molecule has 0 fully saturated rings. The van der Waals surface area contributed by atoms with E-state index in [2.05, 4.69) is 15.3 Å². The van der Waals surface area contributed by atoms with Gasteiger partial charge in [0.1, 0.15) is 11.6 Å². The standard InChI is InChI=1S/C21H15N5O3S/c22-13-17(20(27)25-14-15-5-2-1-3-6-15)11-16-7-8-19(18(12-16)26(28)29)30-21-23-9-4-10-24-21/h1-12H,14H2,(H,25,27). The highest BCUT2D eigenvalue weighted by atomic mass is 32.2. The van der Waals surface area contributed by atoms with E-state index >= 15 is 0 Å². The second kappa shape index (κ2) is 9.95. The fraction of sp³-hybridized carbons (Fsp3) is 0.0476. The van der Waals surface area contributed by atoms with E-state index in [0.29, 0.717) is 15.6 Å². The number of nitro benzene ring substituents is 1. The number of aromatic nitrogens is 2. The molecule has 1 aromatic heterocycles. The molecule has 0 aliphatic rings. The van der Waals surface area contributed by atoms with Gasteiger partial charge in [-0.2, -0.15) is 5.26 Å². The molecule has 0 unspecified atom stereocenters. The average molecular weight is 417 g/mol. The number of rotatable bonds is 7. The third kappa shape index (κ3) is 5.50. The predicted octanol–water partition coefficient (Wildman–Crippen LogP) is 3.76. The van der Waals surface area contributed by atoms with E-state index in [-0.39, 0.29) is 17.8 Å². The molecule has 0 atom stereocenters. The van der Waals surface area contributed by atoms with Gasteiger partial charge in [-0.3, -0.25) is 14.9 Å². The van der Waals surface area contributed by atoms with Crippen LogP contribution in [0.5, 0.6) is 0 Å². The summed E-state index contributed by atoms with van der Waals surface area (Å²) in [6.07, 6.45) is 4.41. The van der Waals surface area contributed by atoms with Crippen molar-refractivity contribution in [1.29, 1.82) is 5.26 Å². The third-order valence-electron chi connectivity index (χ3n) is 3.89. The van der Waals surface area contributed by atoms with Crippen LogP contribution in [0.4, 0.5) is 5.69 Å². The van der Waals surface area contributed by atoms with Crippen LogP contribution in [0.3, 0.4) is 0 Å². The van der Waals surface area contributed by atoms with Gasteiger partial charge in [-0.1, -0.05) is 36.4 Å². The molecule has 0 spiro atoms. The quantitative estimate of drug-likeness (QED) is 0.204. The Bertz CT molecular complexity index is 1130. The lowest BCUT2D eigenvalue weighted by Gasteiger charge is -2.05. The van der Waals surface area contributed by atoms with Crippen LogP contribution in [0.25, 0.3) is 6.08 Å². The van der Waals surface area contributed by atoms with Crippen LogP contribution in [0.1, 0.15) is 11.1 Å². The molecular formula is C21H15N5O3S. The lowest BCUT2D eigenvalue weighted by Crippen LogP contribution is -2.23. The first-order valence-electron chi connectivity index (χ1n) is 8.74. The molecule has 0 radical (unpaired) electrons. The van der Waals surface area contributed by atoms with Crippen molar-refractivity contribution >= 4 is 29.4 Å². The highest BCUT2D eigenvalue weighted by molar-refractivity contribution is 7.99. The minimum absolute atomic E-state index is 0.146. The van der Waals surface area contributed by atoms with E-state index in [1.54, 1.807) is 30.6 Å². The van der Waals surface area contributed by atoms with Crippen LogP contribution < -0.4 is 5.32 Å². The summed E-state index contributed by atoms with van der Waals surface area (Å²) in [7, 11) is 0. The van der Waals surface area contributed by atoms with Crippen molar-refractivity contribution in [2.45, 2.75) is 16.6 Å². The highest BCUT2D eigenvalue weighted by Gasteiger charge is 2.17. The van der Waals surface area contributed by atoms with Crippen molar-refractivity contribution in [1.82, 2.24) is 15.3 Å². The molecule has 8 nitrogen and oxygen atoms in total. The third-order valence-corrected chi connectivity index (χ3v) is 4.85. The molecule has 30 heavy (non-hydrogen) atoms. The molecule has 3 rings (SSSR count). The van der Waals surface area contributed by atoms with Crippen molar-refractivity contribution in [3.8, 4) is 6.07 Å². The van der Waals surface area contributed by atoms with Gasteiger partial charge in [0.05, 0.1) is 9.82 Å². The minimum atomic E-state index is -0.555. The molecule has 0 bridgehead atoms. The zero-order valence-electron chi connectivity index (χ0n) is 15.6. The monoisotopic (exact) mass is 417 g/mol. The Kier molecular flexibility index (Phi) is 6.87. The van der Waals surface area contributed by atoms with Crippen molar-refractivity contribution in [3.63, 3.8) is 0 Å². The Morgan fingerprint density at radius 1 is 1.17 bits per heavy atom. The van der Waals surface area contributed by atoms with Gasteiger partial charge in [-0.15, -0.1) is 0 Å². The number of nitro groups is 1. The summed E-state index contributed by atoms with van der Waals surface area (Å²) >= 11 is 1.06. The van der Waals surface area contributed by atoms with Crippen LogP contribution in [0.15, 0.2) is 82.6 Å². The summed E-state index contributed by atoms with van der Waals surface area (Å²) in [4.78, 5) is 31.8. The van der Waals surface area contributed by atoms with E-state index in [1.165, 1.54) is 12.1 Å². The molecule has 2 aromatic carbocycles. The number of hydrogen-bond acceptors (Lipinski definition) is 7. The predicted molar refractivity (Wildman–Crippen MR) is 111 cm³/mol. The molecule has 3 aromatic rings. The van der Waals surface area contributed by atoms with Crippen molar-refractivity contribution in [2.24, 2.45) is 0 Å². The van der Waals surface area contributed by atoms with Crippen LogP contribution >= 0.6 is 11.8 Å². The fourth-order valence-corrected chi connectivity index (χ4v) is 3.28. The average Bonchev–Trinajstić information content (AvgIpc) is 2.78. The van der Waals surface area contributed by atoms with E-state index in [1.807, 2.05) is 36.4 Å². The molecule has 0 aliphatic heterocycles. The summed E-state index contributed by atoms with van der Waals surface area (Å²) in [6, 6.07) is 17.2. The first-order chi connectivity index (χ1) is 14.6. The van der Waals surface area contributed by atoms with Crippen LogP contribution in [-0.4, -0.2) is 20.8 Å². The number of benzene rings is 2. The largest absolute Gasteiger partial charge is 0.347 e. The molecule has 1 N–H and O–H groups in total. The van der Waals surface area contributed by atoms with Gasteiger partial charge in [0.15, 0.2) is 5.16 Å².